The van der Waals surface area contributed by atoms with Gasteiger partial charge in [0.05, 0.1) is 21.5 Å². The van der Waals surface area contributed by atoms with E-state index in [0.29, 0.717) is 0 Å². The van der Waals surface area contributed by atoms with Crippen LogP contribution in [0.5, 0.6) is 0 Å². The van der Waals surface area contributed by atoms with Crippen molar-refractivity contribution in [3.05, 3.63) is 33.8 Å². The zero-order valence-corrected chi connectivity index (χ0v) is 10.7. The first-order valence-electron chi connectivity index (χ1n) is 4.43. The lowest BCUT2D eigenvalue weighted by atomic mass is 10.2. The Balaban J connectivity index is 2.88. The number of carbonyl (C=O) groups excluding carboxylic acids is 1. The standard InChI is InChI=1S/C10H10Cl3NO2/c1-16-8(5-11)14-10(15)9-6(12)3-2-4-7(9)13/h2-4,8H,5H2,1H3,(H,14,15). The fraction of sp³-hybridized carbons (Fsp3) is 0.300. The van der Waals surface area contributed by atoms with Crippen LogP contribution in [-0.4, -0.2) is 25.1 Å². The van der Waals surface area contributed by atoms with Crippen molar-refractivity contribution >= 4 is 40.7 Å². The molecule has 1 N–H and O–H groups in total. The van der Waals surface area contributed by atoms with E-state index in [0.717, 1.165) is 0 Å². The molecule has 16 heavy (non-hydrogen) atoms. The minimum Gasteiger partial charge on any atom is -0.360 e. The molecule has 0 aromatic heterocycles. The zero-order chi connectivity index (χ0) is 12.1. The summed E-state index contributed by atoms with van der Waals surface area (Å²) in [7, 11) is 1.45. The molecule has 1 rings (SSSR count). The van der Waals surface area contributed by atoms with Gasteiger partial charge in [-0.15, -0.1) is 11.6 Å². The Hall–Kier alpha value is -0.480. The van der Waals surface area contributed by atoms with E-state index in [1.807, 2.05) is 0 Å². The fourth-order valence-electron chi connectivity index (χ4n) is 1.09. The summed E-state index contributed by atoms with van der Waals surface area (Å²) in [6, 6.07) is 4.84. The van der Waals surface area contributed by atoms with Crippen LogP contribution in [0.15, 0.2) is 18.2 Å². The second kappa shape index (κ2) is 6.30. The summed E-state index contributed by atoms with van der Waals surface area (Å²) in [5.74, 6) is -0.271. The number of nitrogens with one attached hydrogen (secondary N) is 1. The average molecular weight is 283 g/mol. The maximum atomic E-state index is 11.8. The van der Waals surface area contributed by atoms with E-state index in [1.54, 1.807) is 18.2 Å². The highest BCUT2D eigenvalue weighted by Crippen LogP contribution is 2.24. The number of benzene rings is 1. The Bertz CT molecular complexity index is 360. The fourth-order valence-corrected chi connectivity index (χ4v) is 1.87. The highest BCUT2D eigenvalue weighted by atomic mass is 35.5. The second-order valence-electron chi connectivity index (χ2n) is 2.95. The molecule has 6 heteroatoms. The van der Waals surface area contributed by atoms with Crippen LogP contribution in [0.4, 0.5) is 0 Å². The van der Waals surface area contributed by atoms with Crippen molar-refractivity contribution in [3.63, 3.8) is 0 Å². The highest BCUT2D eigenvalue weighted by Gasteiger charge is 2.17. The average Bonchev–Trinajstić information content (AvgIpc) is 2.25. The van der Waals surface area contributed by atoms with Crippen molar-refractivity contribution in [2.45, 2.75) is 6.23 Å². The predicted octanol–water partition coefficient (Wildman–Crippen LogP) is 2.93. The molecule has 88 valence electrons. The van der Waals surface area contributed by atoms with Crippen LogP contribution in [0.2, 0.25) is 10.0 Å². The molecule has 0 aliphatic heterocycles. The molecule has 1 atom stereocenters. The number of rotatable bonds is 4. The number of ether oxygens (including phenoxy) is 1. The molecular weight excluding hydrogens is 272 g/mol. The Kier molecular flexibility index (Phi) is 5.35. The highest BCUT2D eigenvalue weighted by molar-refractivity contribution is 6.39. The van der Waals surface area contributed by atoms with E-state index in [-0.39, 0.29) is 21.5 Å². The number of carbonyl (C=O) groups is 1. The van der Waals surface area contributed by atoms with E-state index >= 15 is 0 Å². The lowest BCUT2D eigenvalue weighted by Crippen LogP contribution is -2.37. The molecule has 0 aliphatic carbocycles. The summed E-state index contributed by atoms with van der Waals surface area (Å²) in [5, 5.41) is 3.13. The quantitative estimate of drug-likeness (QED) is 0.681. The van der Waals surface area contributed by atoms with Crippen LogP contribution >= 0.6 is 34.8 Å². The van der Waals surface area contributed by atoms with Crippen molar-refractivity contribution in [1.82, 2.24) is 5.32 Å². The molecule has 0 heterocycles. The van der Waals surface area contributed by atoms with Gasteiger partial charge in [0.25, 0.3) is 5.91 Å². The van der Waals surface area contributed by atoms with E-state index in [2.05, 4.69) is 5.32 Å². The minimum atomic E-state index is -0.568. The van der Waals surface area contributed by atoms with Crippen molar-refractivity contribution in [2.24, 2.45) is 0 Å². The van der Waals surface area contributed by atoms with Gasteiger partial charge in [0, 0.05) is 7.11 Å². The van der Waals surface area contributed by atoms with Gasteiger partial charge in [0.1, 0.15) is 6.23 Å². The molecule has 0 spiro atoms. The van der Waals surface area contributed by atoms with Gasteiger partial charge in [-0.2, -0.15) is 0 Å². The Morgan fingerprint density at radius 1 is 1.44 bits per heavy atom. The molecule has 0 saturated carbocycles. The van der Waals surface area contributed by atoms with Crippen molar-refractivity contribution in [1.29, 1.82) is 0 Å². The maximum absolute atomic E-state index is 11.8. The minimum absolute atomic E-state index is 0.143. The molecule has 0 radical (unpaired) electrons. The third-order valence-corrected chi connectivity index (χ3v) is 2.82. The first-order chi connectivity index (χ1) is 7.60. The van der Waals surface area contributed by atoms with Crippen LogP contribution < -0.4 is 5.32 Å². The van der Waals surface area contributed by atoms with Crippen molar-refractivity contribution < 1.29 is 9.53 Å². The molecule has 0 aliphatic rings. The zero-order valence-electron chi connectivity index (χ0n) is 8.47. The first kappa shape index (κ1) is 13.6. The summed E-state index contributed by atoms with van der Waals surface area (Å²) in [6.45, 7) is 0. The summed E-state index contributed by atoms with van der Waals surface area (Å²) in [6.07, 6.45) is -0.568. The van der Waals surface area contributed by atoms with E-state index in [9.17, 15) is 4.79 Å². The third kappa shape index (κ3) is 3.25. The largest absolute Gasteiger partial charge is 0.360 e. The molecule has 0 bridgehead atoms. The summed E-state index contributed by atoms with van der Waals surface area (Å²) >= 11 is 17.3. The molecule has 3 nitrogen and oxygen atoms in total. The van der Waals surface area contributed by atoms with Crippen LogP contribution in [0.25, 0.3) is 0 Å². The van der Waals surface area contributed by atoms with Crippen molar-refractivity contribution in [3.8, 4) is 0 Å². The van der Waals surface area contributed by atoms with E-state index < -0.39 is 12.1 Å². The smallest absolute Gasteiger partial charge is 0.256 e. The summed E-state index contributed by atoms with van der Waals surface area (Å²) < 4.78 is 4.92. The molecule has 1 aromatic rings. The first-order valence-corrected chi connectivity index (χ1v) is 5.72. The maximum Gasteiger partial charge on any atom is 0.256 e. The number of amides is 1. The lowest BCUT2D eigenvalue weighted by molar-refractivity contribution is 0.0670. The monoisotopic (exact) mass is 281 g/mol. The Labute approximate surface area is 109 Å². The molecule has 1 aromatic carbocycles. The number of halogens is 3. The van der Waals surface area contributed by atoms with Crippen LogP contribution in [0.3, 0.4) is 0 Å². The van der Waals surface area contributed by atoms with Gasteiger partial charge in [-0.1, -0.05) is 29.3 Å². The lowest BCUT2D eigenvalue weighted by Gasteiger charge is -2.15. The van der Waals surface area contributed by atoms with Gasteiger partial charge in [-0.25, -0.2) is 0 Å². The molecule has 1 amide bonds. The molecule has 1 unspecified atom stereocenters. The van der Waals surface area contributed by atoms with Crippen LogP contribution in [-0.2, 0) is 4.74 Å². The number of hydrogen-bond acceptors (Lipinski definition) is 2. The summed E-state index contributed by atoms with van der Waals surface area (Å²) in [4.78, 5) is 11.8. The number of alkyl halides is 1. The molecule has 0 saturated heterocycles. The topological polar surface area (TPSA) is 38.3 Å². The van der Waals surface area contributed by atoms with Gasteiger partial charge in [-0.05, 0) is 12.1 Å². The van der Waals surface area contributed by atoms with E-state index in [4.69, 9.17) is 39.5 Å². The normalized spacial score (nSPS) is 12.2. The number of hydrogen-bond donors (Lipinski definition) is 1. The Morgan fingerprint density at radius 2 is 2.00 bits per heavy atom. The van der Waals surface area contributed by atoms with Gasteiger partial charge >= 0.3 is 0 Å². The van der Waals surface area contributed by atoms with Gasteiger partial charge in [0.2, 0.25) is 0 Å². The summed E-state index contributed by atoms with van der Waals surface area (Å²) in [5.41, 5.74) is 0.220. The molecule has 0 fully saturated rings. The molecular formula is C10H10Cl3NO2. The van der Waals surface area contributed by atoms with Crippen LogP contribution in [0.1, 0.15) is 10.4 Å². The van der Waals surface area contributed by atoms with E-state index in [1.165, 1.54) is 7.11 Å². The van der Waals surface area contributed by atoms with Crippen LogP contribution in [0, 0.1) is 0 Å². The van der Waals surface area contributed by atoms with Gasteiger partial charge in [0.15, 0.2) is 0 Å². The van der Waals surface area contributed by atoms with Gasteiger partial charge in [-0.3, -0.25) is 4.79 Å². The second-order valence-corrected chi connectivity index (χ2v) is 4.07. The predicted molar refractivity (Wildman–Crippen MR) is 65.4 cm³/mol. The van der Waals surface area contributed by atoms with Gasteiger partial charge < -0.3 is 10.1 Å². The number of methoxy groups -OCH3 is 1. The SMILES string of the molecule is COC(CCl)NC(=O)c1c(Cl)cccc1Cl. The Morgan fingerprint density at radius 3 is 2.44 bits per heavy atom. The van der Waals surface area contributed by atoms with Crippen molar-refractivity contribution in [2.75, 3.05) is 13.0 Å². The third-order valence-electron chi connectivity index (χ3n) is 1.91.